The molecular weight excluding hydrogens is 482 g/mol. The molecule has 0 saturated heterocycles. The number of hydrogen-bond acceptors (Lipinski definition) is 7. The van der Waals surface area contributed by atoms with Gasteiger partial charge in [-0.15, -0.1) is 0 Å². The van der Waals surface area contributed by atoms with Crippen LogP contribution in [0.2, 0.25) is 0 Å². The lowest BCUT2D eigenvalue weighted by Gasteiger charge is -2.31. The van der Waals surface area contributed by atoms with E-state index in [4.69, 9.17) is 14.3 Å². The predicted octanol–water partition coefficient (Wildman–Crippen LogP) is 4.67. The number of pyridine rings is 1. The van der Waals surface area contributed by atoms with Gasteiger partial charge in [0.05, 0.1) is 31.9 Å². The summed E-state index contributed by atoms with van der Waals surface area (Å²) in [6, 6.07) is 20.7. The van der Waals surface area contributed by atoms with Crippen molar-refractivity contribution in [2.75, 3.05) is 13.7 Å². The smallest absolute Gasteiger partial charge is 0.407 e. The van der Waals surface area contributed by atoms with Gasteiger partial charge < -0.3 is 19.9 Å². The van der Waals surface area contributed by atoms with E-state index in [1.807, 2.05) is 65.7 Å². The molecule has 8 nitrogen and oxygen atoms in total. The molecule has 1 fully saturated rings. The molecule has 1 aliphatic carbocycles. The molecule has 1 unspecified atom stereocenters. The fourth-order valence-corrected chi connectivity index (χ4v) is 4.60. The van der Waals surface area contributed by atoms with E-state index in [1.54, 1.807) is 25.6 Å². The Kier molecular flexibility index (Phi) is 10.5. The summed E-state index contributed by atoms with van der Waals surface area (Å²) in [6.07, 6.45) is 6.70. The summed E-state index contributed by atoms with van der Waals surface area (Å²) in [7, 11) is 1.64. The summed E-state index contributed by atoms with van der Waals surface area (Å²) in [6.45, 7) is 0.826. The van der Waals surface area contributed by atoms with Crippen LogP contribution in [0.3, 0.4) is 0 Å². The number of benzene rings is 2. The number of alkyl carbamates (subject to hydrolysis) is 1. The van der Waals surface area contributed by atoms with Crippen molar-refractivity contribution in [3.63, 3.8) is 0 Å². The average Bonchev–Trinajstić information content (AvgIpc) is 3.46. The van der Waals surface area contributed by atoms with Crippen molar-refractivity contribution < 1.29 is 24.2 Å². The number of amides is 1. The van der Waals surface area contributed by atoms with Gasteiger partial charge in [0, 0.05) is 24.5 Å². The quantitative estimate of drug-likeness (QED) is 0.317. The second-order valence-corrected chi connectivity index (χ2v) is 9.63. The Bertz CT molecular complexity index is 1090. The number of hydroxylamine groups is 2. The Morgan fingerprint density at radius 2 is 1.76 bits per heavy atom. The zero-order valence-corrected chi connectivity index (χ0v) is 21.9. The van der Waals surface area contributed by atoms with Gasteiger partial charge in [-0.25, -0.2) is 4.79 Å². The SMILES string of the molecule is COc1ccc(CN(CC(O)[C@H](Cc2ccccc2)NC(=O)OCc2cccnc2)OC2CCCC2)cc1. The Morgan fingerprint density at radius 3 is 2.45 bits per heavy atom. The van der Waals surface area contributed by atoms with Gasteiger partial charge in [-0.2, -0.15) is 5.06 Å². The normalized spacial score (nSPS) is 15.2. The number of carbonyl (C=O) groups is 1. The average molecular weight is 520 g/mol. The highest BCUT2D eigenvalue weighted by atomic mass is 16.7. The van der Waals surface area contributed by atoms with Crippen molar-refractivity contribution in [3.05, 3.63) is 95.8 Å². The summed E-state index contributed by atoms with van der Waals surface area (Å²) in [4.78, 5) is 23.1. The minimum atomic E-state index is -0.902. The van der Waals surface area contributed by atoms with E-state index in [0.29, 0.717) is 13.0 Å². The van der Waals surface area contributed by atoms with E-state index in [0.717, 1.165) is 48.1 Å². The van der Waals surface area contributed by atoms with Crippen LogP contribution in [-0.2, 0) is 29.1 Å². The fourth-order valence-electron chi connectivity index (χ4n) is 4.60. The predicted molar refractivity (Wildman–Crippen MR) is 144 cm³/mol. The third-order valence-corrected chi connectivity index (χ3v) is 6.67. The van der Waals surface area contributed by atoms with Crippen molar-refractivity contribution in [2.24, 2.45) is 0 Å². The molecule has 202 valence electrons. The zero-order valence-electron chi connectivity index (χ0n) is 21.9. The van der Waals surface area contributed by atoms with Crippen LogP contribution in [0.1, 0.15) is 42.4 Å². The molecule has 38 heavy (non-hydrogen) atoms. The lowest BCUT2D eigenvalue weighted by molar-refractivity contribution is -0.214. The van der Waals surface area contributed by atoms with Gasteiger partial charge in [0.15, 0.2) is 0 Å². The van der Waals surface area contributed by atoms with E-state index < -0.39 is 18.2 Å². The first kappa shape index (κ1) is 27.6. The van der Waals surface area contributed by atoms with Crippen LogP contribution in [0.5, 0.6) is 5.75 Å². The standard InChI is InChI=1S/C30H37N3O5/c1-36-26-15-13-24(14-16-26)20-33(38-27-11-5-6-12-27)21-29(34)28(18-23-8-3-2-4-9-23)32-30(35)37-22-25-10-7-17-31-19-25/h2-4,7-10,13-17,19,27-29,34H,5-6,11-12,18,20-22H2,1H3,(H,32,35)/t28-,29?/m0/s1. The van der Waals surface area contributed by atoms with Gasteiger partial charge in [0.1, 0.15) is 12.4 Å². The lowest BCUT2D eigenvalue weighted by atomic mass is 10.0. The second-order valence-electron chi connectivity index (χ2n) is 9.63. The minimum absolute atomic E-state index is 0.0994. The van der Waals surface area contributed by atoms with Gasteiger partial charge in [0.25, 0.3) is 0 Å². The zero-order chi connectivity index (χ0) is 26.6. The molecule has 2 atom stereocenters. The minimum Gasteiger partial charge on any atom is -0.497 e. The van der Waals surface area contributed by atoms with Gasteiger partial charge in [0.2, 0.25) is 0 Å². The van der Waals surface area contributed by atoms with Gasteiger partial charge in [-0.3, -0.25) is 9.82 Å². The second kappa shape index (κ2) is 14.5. The van der Waals surface area contributed by atoms with Crippen LogP contribution in [0.15, 0.2) is 79.1 Å². The maximum atomic E-state index is 12.7. The first-order chi connectivity index (χ1) is 18.6. The first-order valence-electron chi connectivity index (χ1n) is 13.2. The molecule has 0 radical (unpaired) electrons. The summed E-state index contributed by atoms with van der Waals surface area (Å²) < 4.78 is 10.7. The molecular formula is C30H37N3O5. The number of aliphatic hydroxyl groups is 1. The third kappa shape index (κ3) is 8.83. The molecule has 1 aromatic heterocycles. The Hall–Kier alpha value is -3.46. The molecule has 0 spiro atoms. The number of carbonyl (C=O) groups excluding carboxylic acids is 1. The number of aliphatic hydroxyl groups excluding tert-OH is 1. The highest BCUT2D eigenvalue weighted by molar-refractivity contribution is 5.67. The van der Waals surface area contributed by atoms with Gasteiger partial charge >= 0.3 is 6.09 Å². The van der Waals surface area contributed by atoms with Crippen molar-refractivity contribution in [3.8, 4) is 5.75 Å². The van der Waals surface area contributed by atoms with Crippen LogP contribution in [0, 0.1) is 0 Å². The molecule has 0 aliphatic heterocycles. The number of aromatic nitrogens is 1. The number of rotatable bonds is 13. The van der Waals surface area contributed by atoms with Crippen LogP contribution in [0.25, 0.3) is 0 Å². The van der Waals surface area contributed by atoms with E-state index in [9.17, 15) is 9.90 Å². The molecule has 1 aliphatic rings. The van der Waals surface area contributed by atoms with Crippen molar-refractivity contribution >= 4 is 6.09 Å². The summed E-state index contributed by atoms with van der Waals surface area (Å²) in [5, 5.41) is 16.1. The Morgan fingerprint density at radius 1 is 1.03 bits per heavy atom. The third-order valence-electron chi connectivity index (χ3n) is 6.67. The van der Waals surface area contributed by atoms with E-state index in [2.05, 4.69) is 10.3 Å². The van der Waals surface area contributed by atoms with Crippen LogP contribution in [-0.4, -0.2) is 53.2 Å². The first-order valence-corrected chi connectivity index (χ1v) is 13.2. The molecule has 2 aromatic carbocycles. The summed E-state index contributed by atoms with van der Waals surface area (Å²) in [5.74, 6) is 0.786. The largest absolute Gasteiger partial charge is 0.497 e. The summed E-state index contributed by atoms with van der Waals surface area (Å²) in [5.41, 5.74) is 2.83. The number of nitrogens with one attached hydrogen (secondary N) is 1. The van der Waals surface area contributed by atoms with Crippen LogP contribution >= 0.6 is 0 Å². The van der Waals surface area contributed by atoms with E-state index >= 15 is 0 Å². The van der Waals surface area contributed by atoms with Gasteiger partial charge in [-0.05, 0) is 48.6 Å². The van der Waals surface area contributed by atoms with Gasteiger partial charge in [-0.1, -0.05) is 61.4 Å². The van der Waals surface area contributed by atoms with E-state index in [1.165, 1.54) is 0 Å². The highest BCUT2D eigenvalue weighted by Gasteiger charge is 2.27. The molecule has 3 aromatic rings. The van der Waals surface area contributed by atoms with E-state index in [-0.39, 0.29) is 19.3 Å². The number of methoxy groups -OCH3 is 1. The molecule has 4 rings (SSSR count). The topological polar surface area (TPSA) is 93.2 Å². The fraction of sp³-hybridized carbons (Fsp3) is 0.400. The lowest BCUT2D eigenvalue weighted by Crippen LogP contribution is -2.50. The maximum Gasteiger partial charge on any atom is 0.407 e. The van der Waals surface area contributed by atoms with Crippen LogP contribution < -0.4 is 10.1 Å². The molecule has 8 heteroatoms. The molecule has 1 amide bonds. The van der Waals surface area contributed by atoms with Crippen LogP contribution in [0.4, 0.5) is 4.79 Å². The monoisotopic (exact) mass is 519 g/mol. The highest BCUT2D eigenvalue weighted by Crippen LogP contribution is 2.24. The number of nitrogens with zero attached hydrogens (tertiary/aromatic N) is 2. The number of hydrogen-bond donors (Lipinski definition) is 2. The maximum absolute atomic E-state index is 12.7. The molecule has 1 saturated carbocycles. The Balaban J connectivity index is 1.44. The molecule has 1 heterocycles. The number of ether oxygens (including phenoxy) is 2. The molecule has 0 bridgehead atoms. The molecule has 2 N–H and O–H groups in total. The Labute approximate surface area is 224 Å². The summed E-state index contributed by atoms with van der Waals surface area (Å²) >= 11 is 0. The van der Waals surface area contributed by atoms with Crippen molar-refractivity contribution in [1.29, 1.82) is 0 Å². The van der Waals surface area contributed by atoms with Crippen molar-refractivity contribution in [2.45, 2.75) is 63.5 Å². The van der Waals surface area contributed by atoms with Crippen molar-refractivity contribution in [1.82, 2.24) is 15.4 Å².